The lowest BCUT2D eigenvalue weighted by Gasteiger charge is -2.13. The van der Waals surface area contributed by atoms with Crippen molar-refractivity contribution in [2.75, 3.05) is 20.7 Å². The Balaban J connectivity index is 2.85. The molecule has 4 nitrogen and oxygen atoms in total. The third-order valence-electron chi connectivity index (χ3n) is 2.18. The number of nitriles is 2. The van der Waals surface area contributed by atoms with Crippen molar-refractivity contribution < 1.29 is 4.74 Å². The monoisotopic (exact) mass is 215 g/mol. The Kier molecular flexibility index (Phi) is 4.32. The van der Waals surface area contributed by atoms with E-state index < -0.39 is 0 Å². The second kappa shape index (κ2) is 5.75. The molecule has 0 heterocycles. The predicted octanol–water partition coefficient (Wildman–Crippen LogP) is 1.52. The number of hydrogen-bond acceptors (Lipinski definition) is 4. The third kappa shape index (κ3) is 2.98. The molecule has 0 unspecified atom stereocenters. The highest BCUT2D eigenvalue weighted by Gasteiger charge is 2.05. The first-order valence-electron chi connectivity index (χ1n) is 4.83. The van der Waals surface area contributed by atoms with Gasteiger partial charge >= 0.3 is 0 Å². The van der Waals surface area contributed by atoms with Crippen molar-refractivity contribution in [3.8, 4) is 17.9 Å². The van der Waals surface area contributed by atoms with Gasteiger partial charge < -0.3 is 4.74 Å². The lowest BCUT2D eigenvalue weighted by Crippen LogP contribution is -2.17. The molecule has 0 bridgehead atoms. The topological polar surface area (TPSA) is 60.0 Å². The summed E-state index contributed by atoms with van der Waals surface area (Å²) in [5.74, 6) is 0.578. The molecule has 1 aromatic rings. The van der Waals surface area contributed by atoms with E-state index in [-0.39, 0.29) is 0 Å². The van der Waals surface area contributed by atoms with Crippen LogP contribution in [0.25, 0.3) is 0 Å². The van der Waals surface area contributed by atoms with Crippen LogP contribution in [0.4, 0.5) is 0 Å². The molecule has 82 valence electrons. The van der Waals surface area contributed by atoms with E-state index in [2.05, 4.69) is 12.1 Å². The van der Waals surface area contributed by atoms with Gasteiger partial charge in [0.25, 0.3) is 0 Å². The van der Waals surface area contributed by atoms with E-state index in [9.17, 15) is 0 Å². The fourth-order valence-corrected chi connectivity index (χ4v) is 1.43. The average Bonchev–Trinajstić information content (AvgIpc) is 2.29. The molecule has 0 fully saturated rings. The highest BCUT2D eigenvalue weighted by Crippen LogP contribution is 2.19. The summed E-state index contributed by atoms with van der Waals surface area (Å²) in [7, 11) is 3.40. The molecular formula is C12H13N3O. The van der Waals surface area contributed by atoms with Gasteiger partial charge in [0.1, 0.15) is 11.8 Å². The fraction of sp³-hybridized carbons (Fsp3) is 0.333. The summed E-state index contributed by atoms with van der Waals surface area (Å²) in [4.78, 5) is 1.88. The minimum absolute atomic E-state index is 0.369. The number of nitrogens with zero attached hydrogens (tertiary/aromatic N) is 3. The average molecular weight is 215 g/mol. The molecule has 0 aromatic heterocycles. The van der Waals surface area contributed by atoms with Crippen LogP contribution in [-0.2, 0) is 6.54 Å². The highest BCUT2D eigenvalue weighted by atomic mass is 16.5. The Morgan fingerprint density at radius 3 is 2.69 bits per heavy atom. The van der Waals surface area contributed by atoms with Crippen LogP contribution in [0, 0.1) is 22.7 Å². The SMILES string of the molecule is COc1ccc(CN(C)CC#N)cc1C#N. The molecule has 0 amide bonds. The predicted molar refractivity (Wildman–Crippen MR) is 59.7 cm³/mol. The van der Waals surface area contributed by atoms with Gasteiger partial charge in [-0.15, -0.1) is 0 Å². The van der Waals surface area contributed by atoms with E-state index in [1.54, 1.807) is 12.1 Å². The fourth-order valence-electron chi connectivity index (χ4n) is 1.43. The van der Waals surface area contributed by atoms with E-state index in [0.29, 0.717) is 24.4 Å². The summed E-state index contributed by atoms with van der Waals surface area (Å²) in [6, 6.07) is 9.61. The Labute approximate surface area is 95.3 Å². The number of benzene rings is 1. The maximum atomic E-state index is 8.92. The molecular weight excluding hydrogens is 202 g/mol. The molecule has 0 saturated heterocycles. The van der Waals surface area contributed by atoms with Gasteiger partial charge in [0.15, 0.2) is 0 Å². The summed E-state index contributed by atoms with van der Waals surface area (Å²) < 4.78 is 5.06. The van der Waals surface area contributed by atoms with Gasteiger partial charge in [0.05, 0.1) is 25.3 Å². The van der Waals surface area contributed by atoms with Gasteiger partial charge in [-0.05, 0) is 24.7 Å². The third-order valence-corrected chi connectivity index (χ3v) is 2.18. The minimum atomic E-state index is 0.369. The zero-order valence-electron chi connectivity index (χ0n) is 9.40. The molecule has 0 N–H and O–H groups in total. The first-order valence-corrected chi connectivity index (χ1v) is 4.83. The molecule has 1 aromatic carbocycles. The summed E-state index contributed by atoms with van der Waals surface area (Å²) >= 11 is 0. The van der Waals surface area contributed by atoms with Crippen LogP contribution in [-0.4, -0.2) is 25.6 Å². The molecule has 0 radical (unpaired) electrons. The molecule has 0 aliphatic heterocycles. The van der Waals surface area contributed by atoms with E-state index >= 15 is 0 Å². The van der Waals surface area contributed by atoms with Crippen LogP contribution >= 0.6 is 0 Å². The van der Waals surface area contributed by atoms with Gasteiger partial charge in [0, 0.05) is 6.54 Å². The molecule has 0 saturated carbocycles. The van der Waals surface area contributed by atoms with E-state index in [1.165, 1.54) is 7.11 Å². The number of hydrogen-bond donors (Lipinski definition) is 0. The van der Waals surface area contributed by atoms with Crippen LogP contribution in [0.5, 0.6) is 5.75 Å². The first-order chi connectivity index (χ1) is 7.71. The Bertz CT molecular complexity index is 443. The summed E-state index contributed by atoms with van der Waals surface area (Å²) in [5.41, 5.74) is 1.51. The van der Waals surface area contributed by atoms with Gasteiger partial charge in [-0.3, -0.25) is 4.90 Å². The summed E-state index contributed by atoms with van der Waals surface area (Å²) in [6.07, 6.45) is 0. The van der Waals surface area contributed by atoms with Crippen molar-refractivity contribution in [2.24, 2.45) is 0 Å². The normalized spacial score (nSPS) is 9.56. The molecule has 0 aliphatic rings. The largest absolute Gasteiger partial charge is 0.495 e. The molecule has 4 heteroatoms. The van der Waals surface area contributed by atoms with Gasteiger partial charge in [0.2, 0.25) is 0 Å². The van der Waals surface area contributed by atoms with Crippen LogP contribution in [0.15, 0.2) is 18.2 Å². The van der Waals surface area contributed by atoms with Crippen LogP contribution in [0.3, 0.4) is 0 Å². The van der Waals surface area contributed by atoms with Crippen LogP contribution < -0.4 is 4.74 Å². The molecule has 0 atom stereocenters. The van der Waals surface area contributed by atoms with Crippen molar-refractivity contribution in [2.45, 2.75) is 6.54 Å². The summed E-state index contributed by atoms with van der Waals surface area (Å²) in [5, 5.41) is 17.4. The molecule has 0 spiro atoms. The van der Waals surface area contributed by atoms with Crippen molar-refractivity contribution in [3.63, 3.8) is 0 Å². The molecule has 0 aliphatic carbocycles. The second-order valence-electron chi connectivity index (χ2n) is 3.48. The minimum Gasteiger partial charge on any atom is -0.495 e. The van der Waals surface area contributed by atoms with E-state index in [1.807, 2.05) is 18.0 Å². The van der Waals surface area contributed by atoms with Gasteiger partial charge in [-0.2, -0.15) is 10.5 Å². The van der Waals surface area contributed by atoms with Crippen molar-refractivity contribution in [1.82, 2.24) is 4.90 Å². The maximum absolute atomic E-state index is 8.92. The van der Waals surface area contributed by atoms with Crippen molar-refractivity contribution >= 4 is 0 Å². The van der Waals surface area contributed by atoms with Crippen molar-refractivity contribution in [1.29, 1.82) is 10.5 Å². The lowest BCUT2D eigenvalue weighted by molar-refractivity contribution is 0.366. The van der Waals surface area contributed by atoms with E-state index in [4.69, 9.17) is 15.3 Å². The number of methoxy groups -OCH3 is 1. The lowest BCUT2D eigenvalue weighted by atomic mass is 10.1. The second-order valence-corrected chi connectivity index (χ2v) is 3.48. The molecule has 16 heavy (non-hydrogen) atoms. The number of rotatable bonds is 4. The number of ether oxygens (including phenoxy) is 1. The van der Waals surface area contributed by atoms with Gasteiger partial charge in [-0.1, -0.05) is 6.07 Å². The maximum Gasteiger partial charge on any atom is 0.136 e. The zero-order valence-corrected chi connectivity index (χ0v) is 9.40. The van der Waals surface area contributed by atoms with E-state index in [0.717, 1.165) is 5.56 Å². The smallest absolute Gasteiger partial charge is 0.136 e. The Morgan fingerprint density at radius 2 is 2.12 bits per heavy atom. The Hall–Kier alpha value is -2.04. The zero-order chi connectivity index (χ0) is 12.0. The first kappa shape index (κ1) is 12.0. The standard InChI is InChI=1S/C12H13N3O/c1-15(6-5-13)9-10-3-4-12(16-2)11(7-10)8-14/h3-4,7H,6,9H2,1-2H3. The van der Waals surface area contributed by atoms with Crippen molar-refractivity contribution in [3.05, 3.63) is 29.3 Å². The molecule has 1 rings (SSSR count). The van der Waals surface area contributed by atoms with Crippen LogP contribution in [0.1, 0.15) is 11.1 Å². The van der Waals surface area contributed by atoms with Crippen LogP contribution in [0.2, 0.25) is 0 Å². The van der Waals surface area contributed by atoms with Gasteiger partial charge in [-0.25, -0.2) is 0 Å². The highest BCUT2D eigenvalue weighted by molar-refractivity contribution is 5.45. The Morgan fingerprint density at radius 1 is 1.38 bits per heavy atom. The quantitative estimate of drug-likeness (QED) is 0.714. The summed E-state index contributed by atoms with van der Waals surface area (Å²) in [6.45, 7) is 1.01.